The highest BCUT2D eigenvalue weighted by Gasteiger charge is 2.21. The zero-order valence-corrected chi connectivity index (χ0v) is 10.0. The Morgan fingerprint density at radius 2 is 2.22 bits per heavy atom. The van der Waals surface area contributed by atoms with Crippen molar-refractivity contribution in [2.75, 3.05) is 18.5 Å². The number of hydrogen-bond acceptors (Lipinski definition) is 3. The third-order valence-corrected chi connectivity index (χ3v) is 3.26. The Balaban J connectivity index is 1.72. The molecule has 18 heavy (non-hydrogen) atoms. The van der Waals surface area contributed by atoms with Gasteiger partial charge < -0.3 is 10.1 Å². The Hall–Kier alpha value is -1.88. The largest absolute Gasteiger partial charge is 0.381 e. The first-order valence-corrected chi connectivity index (χ1v) is 6.15. The smallest absolute Gasteiger partial charge is 0.227 e. The van der Waals surface area contributed by atoms with Gasteiger partial charge in [0.05, 0.1) is 5.52 Å². The number of pyridine rings is 1. The van der Waals surface area contributed by atoms with Gasteiger partial charge in [-0.1, -0.05) is 0 Å². The molecule has 0 bridgehead atoms. The van der Waals surface area contributed by atoms with Crippen LogP contribution in [0.1, 0.15) is 12.8 Å². The number of rotatable bonds is 2. The molecule has 0 aromatic carbocycles. The van der Waals surface area contributed by atoms with Crippen LogP contribution in [0.5, 0.6) is 0 Å². The van der Waals surface area contributed by atoms with E-state index in [-0.39, 0.29) is 11.8 Å². The lowest BCUT2D eigenvalue weighted by molar-refractivity contribution is -0.122. The molecule has 0 unspecified atom stereocenters. The fourth-order valence-electron chi connectivity index (χ4n) is 2.20. The average Bonchev–Trinajstić information content (AvgIpc) is 2.87. The van der Waals surface area contributed by atoms with Crippen molar-refractivity contribution in [2.45, 2.75) is 12.8 Å². The van der Waals surface area contributed by atoms with Gasteiger partial charge in [-0.05, 0) is 31.0 Å². The number of ether oxygens (including phenoxy) is 1. The van der Waals surface area contributed by atoms with Crippen molar-refractivity contribution in [3.63, 3.8) is 0 Å². The molecule has 1 amide bonds. The molecule has 1 fully saturated rings. The topological polar surface area (TPSA) is 55.6 Å². The number of amides is 1. The third-order valence-electron chi connectivity index (χ3n) is 3.26. The second kappa shape index (κ2) is 4.78. The van der Waals surface area contributed by atoms with Crippen LogP contribution in [0, 0.1) is 5.92 Å². The SMILES string of the molecule is O=C(Nc1ccn2nccc2c1)C1CCOCC1. The first-order valence-electron chi connectivity index (χ1n) is 6.15. The summed E-state index contributed by atoms with van der Waals surface area (Å²) in [5.74, 6) is 0.155. The van der Waals surface area contributed by atoms with Crippen LogP contribution in [-0.4, -0.2) is 28.7 Å². The van der Waals surface area contributed by atoms with Gasteiger partial charge in [0.25, 0.3) is 0 Å². The van der Waals surface area contributed by atoms with Gasteiger partial charge in [0.15, 0.2) is 0 Å². The Labute approximate surface area is 105 Å². The third kappa shape index (κ3) is 2.22. The van der Waals surface area contributed by atoms with E-state index in [1.54, 1.807) is 10.7 Å². The van der Waals surface area contributed by atoms with Gasteiger partial charge in [0.2, 0.25) is 5.91 Å². The van der Waals surface area contributed by atoms with Crippen LogP contribution in [0.15, 0.2) is 30.6 Å². The molecule has 2 aromatic rings. The van der Waals surface area contributed by atoms with Gasteiger partial charge in [-0.2, -0.15) is 5.10 Å². The first kappa shape index (κ1) is 11.2. The number of hydrogen-bond donors (Lipinski definition) is 1. The summed E-state index contributed by atoms with van der Waals surface area (Å²) < 4.78 is 7.02. The maximum atomic E-state index is 12.1. The summed E-state index contributed by atoms with van der Waals surface area (Å²) in [6.45, 7) is 1.36. The van der Waals surface area contributed by atoms with Crippen molar-refractivity contribution in [2.24, 2.45) is 5.92 Å². The van der Waals surface area contributed by atoms with E-state index in [9.17, 15) is 4.79 Å². The summed E-state index contributed by atoms with van der Waals surface area (Å²) in [4.78, 5) is 12.1. The lowest BCUT2D eigenvalue weighted by Crippen LogP contribution is -2.28. The van der Waals surface area contributed by atoms with Crippen LogP contribution in [-0.2, 0) is 9.53 Å². The van der Waals surface area contributed by atoms with Gasteiger partial charge in [0, 0.05) is 37.2 Å². The summed E-state index contributed by atoms with van der Waals surface area (Å²) in [5, 5.41) is 7.07. The second-order valence-corrected chi connectivity index (χ2v) is 4.49. The summed E-state index contributed by atoms with van der Waals surface area (Å²) in [7, 11) is 0. The van der Waals surface area contributed by atoms with Crippen LogP contribution in [0.25, 0.3) is 5.52 Å². The van der Waals surface area contributed by atoms with Crippen LogP contribution in [0.3, 0.4) is 0 Å². The second-order valence-electron chi connectivity index (χ2n) is 4.49. The first-order chi connectivity index (χ1) is 8.83. The molecular weight excluding hydrogens is 230 g/mol. The molecule has 0 spiro atoms. The summed E-state index contributed by atoms with van der Waals surface area (Å²) in [6, 6.07) is 5.69. The molecular formula is C13H15N3O2. The molecule has 3 heterocycles. The van der Waals surface area contributed by atoms with Crippen molar-refractivity contribution in [1.82, 2.24) is 9.61 Å². The Morgan fingerprint density at radius 3 is 3.06 bits per heavy atom. The van der Waals surface area contributed by atoms with Gasteiger partial charge in [0.1, 0.15) is 0 Å². The van der Waals surface area contributed by atoms with E-state index in [0.29, 0.717) is 13.2 Å². The van der Waals surface area contributed by atoms with Crippen molar-refractivity contribution in [3.05, 3.63) is 30.6 Å². The minimum atomic E-state index is 0.0693. The molecule has 5 nitrogen and oxygen atoms in total. The molecule has 1 N–H and O–H groups in total. The van der Waals surface area contributed by atoms with Crippen LogP contribution in [0.2, 0.25) is 0 Å². The van der Waals surface area contributed by atoms with E-state index in [0.717, 1.165) is 24.0 Å². The highest BCUT2D eigenvalue weighted by molar-refractivity contribution is 5.93. The van der Waals surface area contributed by atoms with Crippen molar-refractivity contribution < 1.29 is 9.53 Å². The predicted octanol–water partition coefficient (Wildman–Crippen LogP) is 1.70. The van der Waals surface area contributed by atoms with Gasteiger partial charge in [-0.25, -0.2) is 4.52 Å². The number of carbonyl (C=O) groups is 1. The number of nitrogens with zero attached hydrogens (tertiary/aromatic N) is 2. The minimum absolute atomic E-state index is 0.0693. The van der Waals surface area contributed by atoms with Crippen molar-refractivity contribution >= 4 is 17.1 Å². The monoisotopic (exact) mass is 245 g/mol. The maximum absolute atomic E-state index is 12.1. The fourth-order valence-corrected chi connectivity index (χ4v) is 2.20. The van der Waals surface area contributed by atoms with E-state index >= 15 is 0 Å². The van der Waals surface area contributed by atoms with E-state index in [1.165, 1.54) is 0 Å². The summed E-state index contributed by atoms with van der Waals surface area (Å²) >= 11 is 0. The highest BCUT2D eigenvalue weighted by atomic mass is 16.5. The molecule has 1 aliphatic rings. The van der Waals surface area contributed by atoms with E-state index in [1.807, 2.05) is 24.4 Å². The highest BCUT2D eigenvalue weighted by Crippen LogP contribution is 2.18. The Bertz CT molecular complexity index is 558. The number of carbonyl (C=O) groups excluding carboxylic acids is 1. The molecule has 0 radical (unpaired) electrons. The normalized spacial score (nSPS) is 16.9. The van der Waals surface area contributed by atoms with E-state index in [4.69, 9.17) is 4.74 Å². The van der Waals surface area contributed by atoms with Crippen LogP contribution >= 0.6 is 0 Å². The van der Waals surface area contributed by atoms with Crippen molar-refractivity contribution in [3.8, 4) is 0 Å². The Morgan fingerprint density at radius 1 is 1.39 bits per heavy atom. The summed E-state index contributed by atoms with van der Waals surface area (Å²) in [5.41, 5.74) is 1.79. The number of anilines is 1. The van der Waals surface area contributed by atoms with E-state index < -0.39 is 0 Å². The molecule has 2 aromatic heterocycles. The molecule has 1 saturated heterocycles. The Kier molecular flexibility index (Phi) is 2.98. The minimum Gasteiger partial charge on any atom is -0.381 e. The molecule has 1 aliphatic heterocycles. The quantitative estimate of drug-likeness (QED) is 0.876. The molecule has 5 heteroatoms. The zero-order valence-electron chi connectivity index (χ0n) is 10.0. The predicted molar refractivity (Wildman–Crippen MR) is 67.4 cm³/mol. The maximum Gasteiger partial charge on any atom is 0.227 e. The zero-order chi connectivity index (χ0) is 12.4. The molecule has 94 valence electrons. The molecule has 3 rings (SSSR count). The molecule has 0 saturated carbocycles. The lowest BCUT2D eigenvalue weighted by atomic mass is 9.99. The molecule has 0 aliphatic carbocycles. The number of nitrogens with one attached hydrogen (secondary N) is 1. The fraction of sp³-hybridized carbons (Fsp3) is 0.385. The standard InChI is InChI=1S/C13H15N3O2/c17-13(10-3-7-18-8-4-10)15-11-2-6-16-12(9-11)1-5-14-16/h1-2,5-6,9-10H,3-4,7-8H2,(H,15,17). The van der Waals surface area contributed by atoms with Gasteiger partial charge in [-0.15, -0.1) is 0 Å². The average molecular weight is 245 g/mol. The summed E-state index contributed by atoms with van der Waals surface area (Å²) in [6.07, 6.45) is 5.19. The van der Waals surface area contributed by atoms with Crippen molar-refractivity contribution in [1.29, 1.82) is 0 Å². The lowest BCUT2D eigenvalue weighted by Gasteiger charge is -2.21. The van der Waals surface area contributed by atoms with E-state index in [2.05, 4.69) is 10.4 Å². The van der Waals surface area contributed by atoms with Gasteiger partial charge in [-0.3, -0.25) is 4.79 Å². The molecule has 0 atom stereocenters. The van der Waals surface area contributed by atoms with Gasteiger partial charge >= 0.3 is 0 Å². The van der Waals surface area contributed by atoms with Crippen LogP contribution in [0.4, 0.5) is 5.69 Å². The number of aromatic nitrogens is 2. The van der Waals surface area contributed by atoms with Crippen LogP contribution < -0.4 is 5.32 Å². The number of fused-ring (bicyclic) bond motifs is 1.